The Morgan fingerprint density at radius 1 is 1.18 bits per heavy atom. The number of hydrogen-bond acceptors (Lipinski definition) is 4. The predicted molar refractivity (Wildman–Crippen MR) is 105 cm³/mol. The molecule has 5 nitrogen and oxygen atoms in total. The standard InChI is InChI=1S/C21H18ClFN2O3/c22-16-10-18(23)21(25-12-16)28-19-7-6-14(13-4-2-1-3-5-13)8-15(19)9-17(24)11-20(26)27/h1-8,10,12,17H,9,11,24H2,(H,26,27)/t17-/m1/s1. The van der Waals surface area contributed by atoms with Gasteiger partial charge in [0.1, 0.15) is 5.75 Å². The quantitative estimate of drug-likeness (QED) is 0.601. The van der Waals surface area contributed by atoms with Gasteiger partial charge in [0, 0.05) is 12.2 Å². The Bertz CT molecular complexity index is 983. The zero-order chi connectivity index (χ0) is 20.1. The second-order valence-electron chi connectivity index (χ2n) is 6.29. The number of aromatic nitrogens is 1. The summed E-state index contributed by atoms with van der Waals surface area (Å²) in [5.74, 6) is -1.54. The summed E-state index contributed by atoms with van der Waals surface area (Å²) in [5, 5.41) is 9.14. The molecule has 1 heterocycles. The maximum absolute atomic E-state index is 14.1. The second kappa shape index (κ2) is 8.82. The van der Waals surface area contributed by atoms with Crippen molar-refractivity contribution in [3.05, 3.63) is 77.2 Å². The summed E-state index contributed by atoms with van der Waals surface area (Å²) >= 11 is 5.73. The number of benzene rings is 2. The molecule has 2 aromatic carbocycles. The van der Waals surface area contributed by atoms with Crippen molar-refractivity contribution in [2.75, 3.05) is 0 Å². The molecular formula is C21H18ClFN2O3. The molecule has 0 aliphatic carbocycles. The number of ether oxygens (including phenoxy) is 1. The van der Waals surface area contributed by atoms with Crippen molar-refractivity contribution in [1.82, 2.24) is 4.98 Å². The highest BCUT2D eigenvalue weighted by molar-refractivity contribution is 6.30. The molecule has 0 saturated carbocycles. The number of nitrogens with zero attached hydrogens (tertiary/aromatic N) is 1. The number of hydrogen-bond donors (Lipinski definition) is 2. The Labute approximate surface area is 166 Å². The molecule has 0 aliphatic rings. The lowest BCUT2D eigenvalue weighted by molar-refractivity contribution is -0.137. The molecule has 7 heteroatoms. The molecule has 3 rings (SSSR count). The van der Waals surface area contributed by atoms with Gasteiger partial charge in [-0.25, -0.2) is 9.37 Å². The fraction of sp³-hybridized carbons (Fsp3) is 0.143. The number of halogens is 2. The lowest BCUT2D eigenvalue weighted by Gasteiger charge is -2.16. The van der Waals surface area contributed by atoms with Gasteiger partial charge in [-0.15, -0.1) is 0 Å². The summed E-state index contributed by atoms with van der Waals surface area (Å²) in [6.07, 6.45) is 1.34. The minimum Gasteiger partial charge on any atom is -0.481 e. The first-order valence-electron chi connectivity index (χ1n) is 8.57. The molecular weight excluding hydrogens is 383 g/mol. The number of carbonyl (C=O) groups is 1. The molecule has 0 spiro atoms. The fourth-order valence-corrected chi connectivity index (χ4v) is 2.95. The SMILES string of the molecule is N[C@@H](CC(=O)O)Cc1cc(-c2ccccc2)ccc1Oc1ncc(Cl)cc1F. The van der Waals surface area contributed by atoms with Crippen molar-refractivity contribution in [3.63, 3.8) is 0 Å². The highest BCUT2D eigenvalue weighted by Gasteiger charge is 2.16. The van der Waals surface area contributed by atoms with Crippen molar-refractivity contribution in [2.24, 2.45) is 5.73 Å². The molecule has 3 N–H and O–H groups in total. The van der Waals surface area contributed by atoms with Crippen molar-refractivity contribution in [3.8, 4) is 22.8 Å². The molecule has 1 atom stereocenters. The van der Waals surface area contributed by atoms with E-state index in [9.17, 15) is 9.18 Å². The van der Waals surface area contributed by atoms with Crippen molar-refractivity contribution in [2.45, 2.75) is 18.9 Å². The lowest BCUT2D eigenvalue weighted by Crippen LogP contribution is -2.26. The van der Waals surface area contributed by atoms with E-state index < -0.39 is 17.8 Å². The smallest absolute Gasteiger partial charge is 0.304 e. The van der Waals surface area contributed by atoms with E-state index in [4.69, 9.17) is 27.2 Å². The fourth-order valence-electron chi connectivity index (χ4n) is 2.81. The Hall–Kier alpha value is -2.96. The average molecular weight is 401 g/mol. The van der Waals surface area contributed by atoms with E-state index in [0.717, 1.165) is 17.2 Å². The first kappa shape index (κ1) is 19.8. The molecule has 0 amide bonds. The van der Waals surface area contributed by atoms with E-state index in [0.29, 0.717) is 11.3 Å². The van der Waals surface area contributed by atoms with Gasteiger partial charge < -0.3 is 15.6 Å². The molecule has 28 heavy (non-hydrogen) atoms. The number of carboxylic acids is 1. The van der Waals surface area contributed by atoms with Gasteiger partial charge in [0.2, 0.25) is 0 Å². The first-order valence-corrected chi connectivity index (χ1v) is 8.95. The number of nitrogens with two attached hydrogens (primary N) is 1. The molecule has 0 fully saturated rings. The summed E-state index contributed by atoms with van der Waals surface area (Å²) in [7, 11) is 0. The lowest BCUT2D eigenvalue weighted by atomic mass is 9.97. The number of rotatable bonds is 7. The van der Waals surface area contributed by atoms with Crippen LogP contribution in [-0.4, -0.2) is 22.1 Å². The third kappa shape index (κ3) is 5.06. The van der Waals surface area contributed by atoms with E-state index in [1.807, 2.05) is 42.5 Å². The Morgan fingerprint density at radius 3 is 2.61 bits per heavy atom. The summed E-state index contributed by atoms with van der Waals surface area (Å²) < 4.78 is 19.7. The number of carboxylic acid groups (broad SMARTS) is 1. The molecule has 0 saturated heterocycles. The highest BCUT2D eigenvalue weighted by Crippen LogP contribution is 2.32. The topological polar surface area (TPSA) is 85.4 Å². The average Bonchev–Trinajstić information content (AvgIpc) is 2.65. The maximum atomic E-state index is 14.1. The Kier molecular flexibility index (Phi) is 6.23. The van der Waals surface area contributed by atoms with Crippen molar-refractivity contribution < 1.29 is 19.0 Å². The van der Waals surface area contributed by atoms with E-state index in [1.54, 1.807) is 6.07 Å². The van der Waals surface area contributed by atoms with E-state index in [1.165, 1.54) is 6.20 Å². The molecule has 144 valence electrons. The third-order valence-electron chi connectivity index (χ3n) is 4.07. The Balaban J connectivity index is 1.96. The minimum absolute atomic E-state index is 0.160. The normalized spacial score (nSPS) is 11.8. The van der Waals surface area contributed by atoms with Crippen LogP contribution >= 0.6 is 11.6 Å². The minimum atomic E-state index is -0.986. The van der Waals surface area contributed by atoms with Crippen LogP contribution in [0.3, 0.4) is 0 Å². The van der Waals surface area contributed by atoms with Crippen LogP contribution in [0.2, 0.25) is 5.02 Å². The largest absolute Gasteiger partial charge is 0.481 e. The van der Waals surface area contributed by atoms with Gasteiger partial charge in [0.05, 0.1) is 11.4 Å². The van der Waals surface area contributed by atoms with Gasteiger partial charge >= 0.3 is 5.97 Å². The maximum Gasteiger partial charge on any atom is 0.304 e. The monoisotopic (exact) mass is 400 g/mol. The summed E-state index contributed by atoms with van der Waals surface area (Å²) in [6.45, 7) is 0. The van der Waals surface area contributed by atoms with Gasteiger partial charge in [-0.2, -0.15) is 0 Å². The predicted octanol–water partition coefficient (Wildman–Crippen LogP) is 4.68. The summed E-state index contributed by atoms with van der Waals surface area (Å²) in [5.41, 5.74) is 8.52. The zero-order valence-electron chi connectivity index (χ0n) is 14.8. The van der Waals surface area contributed by atoms with Gasteiger partial charge in [-0.1, -0.05) is 48.0 Å². The highest BCUT2D eigenvalue weighted by atomic mass is 35.5. The molecule has 0 aliphatic heterocycles. The van der Waals surface area contributed by atoms with Gasteiger partial charge in [-0.3, -0.25) is 4.79 Å². The third-order valence-corrected chi connectivity index (χ3v) is 4.27. The van der Waals surface area contributed by atoms with Crippen LogP contribution in [-0.2, 0) is 11.2 Å². The van der Waals surface area contributed by atoms with Crippen molar-refractivity contribution >= 4 is 17.6 Å². The second-order valence-corrected chi connectivity index (χ2v) is 6.73. The van der Waals surface area contributed by atoms with Crippen LogP contribution in [0.15, 0.2) is 60.8 Å². The van der Waals surface area contributed by atoms with Gasteiger partial charge in [0.25, 0.3) is 5.88 Å². The van der Waals surface area contributed by atoms with Gasteiger partial charge in [-0.05, 0) is 41.3 Å². The van der Waals surface area contributed by atoms with Crippen LogP contribution in [0.5, 0.6) is 11.6 Å². The van der Waals surface area contributed by atoms with Gasteiger partial charge in [0.15, 0.2) is 5.82 Å². The zero-order valence-corrected chi connectivity index (χ0v) is 15.6. The van der Waals surface area contributed by atoms with Crippen molar-refractivity contribution in [1.29, 1.82) is 0 Å². The van der Waals surface area contributed by atoms with Crippen LogP contribution in [0.1, 0.15) is 12.0 Å². The molecule has 1 aromatic heterocycles. The number of aliphatic carboxylic acids is 1. The van der Waals surface area contributed by atoms with E-state index in [2.05, 4.69) is 4.98 Å². The first-order chi connectivity index (χ1) is 13.4. The molecule has 3 aromatic rings. The Morgan fingerprint density at radius 2 is 1.93 bits per heavy atom. The molecule has 0 unspecified atom stereocenters. The van der Waals surface area contributed by atoms with E-state index >= 15 is 0 Å². The van der Waals surface area contributed by atoms with E-state index in [-0.39, 0.29) is 23.7 Å². The summed E-state index contributed by atoms with van der Waals surface area (Å²) in [4.78, 5) is 14.8. The van der Waals surface area contributed by atoms with Crippen LogP contribution in [0.25, 0.3) is 11.1 Å². The molecule has 0 radical (unpaired) electrons. The molecule has 0 bridgehead atoms. The van der Waals surface area contributed by atoms with Crippen LogP contribution < -0.4 is 10.5 Å². The number of pyridine rings is 1. The summed E-state index contributed by atoms with van der Waals surface area (Å²) in [6, 6.07) is 15.6. The van der Waals surface area contributed by atoms with Crippen LogP contribution in [0, 0.1) is 5.82 Å². The van der Waals surface area contributed by atoms with Crippen LogP contribution in [0.4, 0.5) is 4.39 Å².